The van der Waals surface area contributed by atoms with Gasteiger partial charge in [-0.15, -0.1) is 0 Å². The van der Waals surface area contributed by atoms with E-state index in [1.54, 1.807) is 26.3 Å². The molecule has 6 nitrogen and oxygen atoms in total. The van der Waals surface area contributed by atoms with Crippen molar-refractivity contribution < 1.29 is 14.3 Å². The van der Waals surface area contributed by atoms with E-state index in [-0.39, 0.29) is 12.5 Å². The van der Waals surface area contributed by atoms with Crippen LogP contribution in [0.25, 0.3) is 6.08 Å². The molecule has 0 atom stereocenters. The second kappa shape index (κ2) is 8.95. The molecule has 1 fully saturated rings. The number of rotatable bonds is 5. The number of hydrogen-bond acceptors (Lipinski definition) is 6. The highest BCUT2D eigenvalue weighted by molar-refractivity contribution is 9.10. The summed E-state index contributed by atoms with van der Waals surface area (Å²) in [6.45, 7) is -0.0665. The van der Waals surface area contributed by atoms with E-state index in [0.29, 0.717) is 21.4 Å². The number of methoxy groups -OCH3 is 1. The van der Waals surface area contributed by atoms with Gasteiger partial charge in [-0.25, -0.2) is 4.99 Å². The molecule has 142 valence electrons. The number of thioether (sulfide) groups is 1. The SMILES string of the molecule is COc1ccc(N=C2S/C(=C/c3cc(Br)ccc3OCC#N)C(=O)N2C)cc1. The predicted octanol–water partition coefficient (Wildman–Crippen LogP) is 4.59. The molecule has 3 rings (SSSR count). The molecule has 0 saturated carbocycles. The van der Waals surface area contributed by atoms with Crippen molar-refractivity contribution in [2.24, 2.45) is 4.99 Å². The second-order valence-electron chi connectivity index (χ2n) is 5.70. The standard InChI is InChI=1S/C20H16BrN3O3S/c1-24-19(25)18(12-13-11-14(21)3-8-17(13)27-10-9-22)28-20(24)23-15-4-6-16(26-2)7-5-15/h3-8,11-12H,10H2,1-2H3/b18-12+,23-20?. The van der Waals surface area contributed by atoms with Crippen molar-refractivity contribution in [3.05, 3.63) is 57.4 Å². The molecule has 0 radical (unpaired) electrons. The average molecular weight is 458 g/mol. The minimum atomic E-state index is -0.150. The van der Waals surface area contributed by atoms with Gasteiger partial charge in [0, 0.05) is 17.1 Å². The van der Waals surface area contributed by atoms with Crippen LogP contribution in [-0.4, -0.2) is 36.7 Å². The Kier molecular flexibility index (Phi) is 6.39. The van der Waals surface area contributed by atoms with E-state index in [0.717, 1.165) is 15.9 Å². The minimum Gasteiger partial charge on any atom is -0.497 e. The first-order chi connectivity index (χ1) is 13.5. The summed E-state index contributed by atoms with van der Waals surface area (Å²) >= 11 is 4.71. The fourth-order valence-corrected chi connectivity index (χ4v) is 3.79. The van der Waals surface area contributed by atoms with Crippen LogP contribution < -0.4 is 9.47 Å². The van der Waals surface area contributed by atoms with Gasteiger partial charge in [-0.3, -0.25) is 9.69 Å². The van der Waals surface area contributed by atoms with Gasteiger partial charge in [0.2, 0.25) is 0 Å². The average Bonchev–Trinajstić information content (AvgIpc) is 2.96. The summed E-state index contributed by atoms with van der Waals surface area (Å²) in [5.74, 6) is 1.13. The lowest BCUT2D eigenvalue weighted by molar-refractivity contribution is -0.121. The fourth-order valence-electron chi connectivity index (χ4n) is 2.43. The van der Waals surface area contributed by atoms with Crippen molar-refractivity contribution in [2.75, 3.05) is 20.8 Å². The third kappa shape index (κ3) is 4.55. The molecule has 0 bridgehead atoms. The lowest BCUT2D eigenvalue weighted by Crippen LogP contribution is -2.23. The fraction of sp³-hybridized carbons (Fsp3) is 0.150. The zero-order valence-electron chi connectivity index (χ0n) is 15.2. The van der Waals surface area contributed by atoms with Crippen LogP contribution in [-0.2, 0) is 4.79 Å². The predicted molar refractivity (Wildman–Crippen MR) is 114 cm³/mol. The van der Waals surface area contributed by atoms with Gasteiger partial charge < -0.3 is 9.47 Å². The molecule has 1 aliphatic rings. The summed E-state index contributed by atoms with van der Waals surface area (Å²) in [6, 6.07) is 14.7. The first-order valence-electron chi connectivity index (χ1n) is 8.21. The number of nitriles is 1. The first kappa shape index (κ1) is 20.0. The van der Waals surface area contributed by atoms with Crippen molar-refractivity contribution in [3.63, 3.8) is 0 Å². The topological polar surface area (TPSA) is 74.9 Å². The Morgan fingerprint density at radius 2 is 2.04 bits per heavy atom. The number of nitrogens with zero attached hydrogens (tertiary/aromatic N) is 3. The summed E-state index contributed by atoms with van der Waals surface area (Å²) in [5.41, 5.74) is 1.43. The lowest BCUT2D eigenvalue weighted by Gasteiger charge is -2.08. The van der Waals surface area contributed by atoms with Crippen LogP contribution >= 0.6 is 27.7 Å². The Bertz CT molecular complexity index is 997. The van der Waals surface area contributed by atoms with E-state index in [1.165, 1.54) is 16.7 Å². The maximum atomic E-state index is 12.7. The molecule has 8 heteroatoms. The summed E-state index contributed by atoms with van der Waals surface area (Å²) in [4.78, 5) is 19.2. The van der Waals surface area contributed by atoms with E-state index < -0.39 is 0 Å². The van der Waals surface area contributed by atoms with Gasteiger partial charge in [0.05, 0.1) is 17.7 Å². The van der Waals surface area contributed by atoms with Crippen LogP contribution in [0.15, 0.2) is 56.8 Å². The zero-order valence-corrected chi connectivity index (χ0v) is 17.6. The number of likely N-dealkylation sites (N-methyl/N-ethyl adjacent to an activating group) is 1. The Hall–Kier alpha value is -2.76. The highest BCUT2D eigenvalue weighted by Gasteiger charge is 2.30. The molecule has 2 aromatic carbocycles. The Labute approximate surface area is 175 Å². The number of aliphatic imine (C=N–C) groups is 1. The summed E-state index contributed by atoms with van der Waals surface area (Å²) in [5, 5.41) is 9.33. The lowest BCUT2D eigenvalue weighted by atomic mass is 10.2. The molecule has 0 unspecified atom stereocenters. The molecular formula is C20H16BrN3O3S. The van der Waals surface area contributed by atoms with Crippen LogP contribution in [0.4, 0.5) is 5.69 Å². The molecule has 0 aliphatic carbocycles. The second-order valence-corrected chi connectivity index (χ2v) is 7.62. The zero-order chi connectivity index (χ0) is 20.1. The van der Waals surface area contributed by atoms with Gasteiger partial charge in [-0.1, -0.05) is 15.9 Å². The molecule has 2 aromatic rings. The summed E-state index contributed by atoms with van der Waals surface area (Å²) < 4.78 is 11.4. The summed E-state index contributed by atoms with van der Waals surface area (Å²) in [6.07, 6.45) is 1.75. The number of benzene rings is 2. The number of carbonyl (C=O) groups is 1. The van der Waals surface area contributed by atoms with E-state index >= 15 is 0 Å². The molecule has 28 heavy (non-hydrogen) atoms. The molecule has 1 saturated heterocycles. The Morgan fingerprint density at radius 1 is 1.29 bits per heavy atom. The summed E-state index contributed by atoms with van der Waals surface area (Å²) in [7, 11) is 3.29. The van der Waals surface area contributed by atoms with E-state index in [4.69, 9.17) is 14.7 Å². The monoisotopic (exact) mass is 457 g/mol. The third-order valence-corrected chi connectivity index (χ3v) is 5.40. The van der Waals surface area contributed by atoms with Crippen LogP contribution in [0.5, 0.6) is 11.5 Å². The molecule has 1 heterocycles. The molecule has 0 spiro atoms. The molecule has 1 aliphatic heterocycles. The highest BCUT2D eigenvalue weighted by Crippen LogP contribution is 2.35. The largest absolute Gasteiger partial charge is 0.497 e. The normalized spacial score (nSPS) is 16.5. The van der Waals surface area contributed by atoms with Gasteiger partial charge >= 0.3 is 0 Å². The number of ether oxygens (including phenoxy) is 2. The third-order valence-electron chi connectivity index (χ3n) is 3.85. The van der Waals surface area contributed by atoms with Gasteiger partial charge in [0.15, 0.2) is 11.8 Å². The maximum absolute atomic E-state index is 12.7. The van der Waals surface area contributed by atoms with Crippen LogP contribution in [0, 0.1) is 11.3 Å². The van der Waals surface area contributed by atoms with E-state index in [2.05, 4.69) is 20.9 Å². The Balaban J connectivity index is 1.90. The molecule has 0 aromatic heterocycles. The Morgan fingerprint density at radius 3 is 2.71 bits per heavy atom. The number of hydrogen-bond donors (Lipinski definition) is 0. The minimum absolute atomic E-state index is 0.0665. The smallest absolute Gasteiger partial charge is 0.266 e. The van der Waals surface area contributed by atoms with Crippen molar-refractivity contribution in [1.29, 1.82) is 5.26 Å². The van der Waals surface area contributed by atoms with Gasteiger partial charge in [-0.05, 0) is 60.3 Å². The van der Waals surface area contributed by atoms with Crippen molar-refractivity contribution in [2.45, 2.75) is 0 Å². The number of halogens is 1. The van der Waals surface area contributed by atoms with Crippen molar-refractivity contribution >= 4 is 50.5 Å². The van der Waals surface area contributed by atoms with Crippen LogP contribution in [0.3, 0.4) is 0 Å². The van der Waals surface area contributed by atoms with Gasteiger partial charge in [-0.2, -0.15) is 5.26 Å². The number of amidine groups is 1. The number of carbonyl (C=O) groups excluding carboxylic acids is 1. The number of amides is 1. The highest BCUT2D eigenvalue weighted by atomic mass is 79.9. The van der Waals surface area contributed by atoms with Gasteiger partial charge in [0.1, 0.15) is 17.6 Å². The quantitative estimate of drug-likeness (QED) is 0.613. The van der Waals surface area contributed by atoms with E-state index in [9.17, 15) is 4.79 Å². The maximum Gasteiger partial charge on any atom is 0.266 e. The van der Waals surface area contributed by atoms with Crippen LogP contribution in [0.2, 0.25) is 0 Å². The molecule has 1 amide bonds. The van der Waals surface area contributed by atoms with E-state index in [1.807, 2.05) is 42.5 Å². The molecular weight excluding hydrogens is 442 g/mol. The molecule has 0 N–H and O–H groups in total. The van der Waals surface area contributed by atoms with Gasteiger partial charge in [0.25, 0.3) is 5.91 Å². The van der Waals surface area contributed by atoms with Crippen molar-refractivity contribution in [3.8, 4) is 17.6 Å². The van der Waals surface area contributed by atoms with Crippen molar-refractivity contribution in [1.82, 2.24) is 4.90 Å². The van der Waals surface area contributed by atoms with Crippen LogP contribution in [0.1, 0.15) is 5.56 Å². The first-order valence-corrected chi connectivity index (χ1v) is 9.82.